The molecule has 3 N–H and O–H groups in total. The maximum absolute atomic E-state index is 5.63. The van der Waals surface area contributed by atoms with E-state index in [1.807, 2.05) is 7.05 Å². The van der Waals surface area contributed by atoms with Gasteiger partial charge >= 0.3 is 0 Å². The summed E-state index contributed by atoms with van der Waals surface area (Å²) in [5.74, 6) is 0.625. The molecule has 0 amide bonds. The first-order chi connectivity index (χ1) is 4.99. The van der Waals surface area contributed by atoms with Crippen LogP contribution in [0.3, 0.4) is 0 Å². The number of nitrogens with two attached hydrogens (primary N) is 1. The van der Waals surface area contributed by atoms with Gasteiger partial charge in [0.2, 0.25) is 0 Å². The lowest BCUT2D eigenvalue weighted by atomic mass is 9.84. The van der Waals surface area contributed by atoms with Crippen LogP contribution in [0.25, 0.3) is 0 Å². The summed E-state index contributed by atoms with van der Waals surface area (Å²) in [6.07, 6.45) is 1.20. The van der Waals surface area contributed by atoms with Gasteiger partial charge in [0.1, 0.15) is 0 Å². The zero-order valence-electron chi connectivity index (χ0n) is 8.28. The summed E-state index contributed by atoms with van der Waals surface area (Å²) >= 11 is 0. The Labute approximate surface area is 70.5 Å². The van der Waals surface area contributed by atoms with Crippen LogP contribution in [-0.2, 0) is 0 Å². The molecule has 0 fully saturated rings. The van der Waals surface area contributed by atoms with Gasteiger partial charge in [-0.3, -0.25) is 0 Å². The Balaban J connectivity index is 3.68. The summed E-state index contributed by atoms with van der Waals surface area (Å²) < 4.78 is 0. The summed E-state index contributed by atoms with van der Waals surface area (Å²) in [7, 11) is 1.98. The van der Waals surface area contributed by atoms with E-state index in [-0.39, 0.29) is 0 Å². The summed E-state index contributed by atoms with van der Waals surface area (Å²) in [5, 5.41) is 3.16. The summed E-state index contributed by atoms with van der Waals surface area (Å²) in [6.45, 7) is 8.59. The molecule has 0 saturated carbocycles. The highest BCUT2D eigenvalue weighted by molar-refractivity contribution is 4.70. The number of rotatable bonds is 4. The smallest absolute Gasteiger partial charge is 0.00113 e. The molecule has 68 valence electrons. The Morgan fingerprint density at radius 2 is 1.91 bits per heavy atom. The largest absolute Gasteiger partial charge is 0.330 e. The number of hydrogen-bond donors (Lipinski definition) is 2. The van der Waals surface area contributed by atoms with Crippen molar-refractivity contribution in [3.63, 3.8) is 0 Å². The Morgan fingerprint density at radius 3 is 2.18 bits per heavy atom. The number of hydrogen-bond acceptors (Lipinski definition) is 2. The lowest BCUT2D eigenvalue weighted by Gasteiger charge is -2.24. The van der Waals surface area contributed by atoms with Gasteiger partial charge in [0.15, 0.2) is 0 Å². The molecule has 0 aliphatic rings. The van der Waals surface area contributed by atoms with Crippen LogP contribution >= 0.6 is 0 Å². The third-order valence-corrected chi connectivity index (χ3v) is 1.73. The molecular weight excluding hydrogens is 136 g/mol. The summed E-state index contributed by atoms with van der Waals surface area (Å²) in [4.78, 5) is 0. The van der Waals surface area contributed by atoms with Gasteiger partial charge in [-0.1, -0.05) is 20.8 Å². The van der Waals surface area contributed by atoms with E-state index in [2.05, 4.69) is 26.1 Å². The van der Waals surface area contributed by atoms with E-state index in [4.69, 9.17) is 5.73 Å². The SMILES string of the molecule is CNCC(CN)CC(C)(C)C. The van der Waals surface area contributed by atoms with Crippen molar-refractivity contribution in [1.82, 2.24) is 5.32 Å². The highest BCUT2D eigenvalue weighted by Crippen LogP contribution is 2.23. The van der Waals surface area contributed by atoms with Crippen LogP contribution in [0, 0.1) is 11.3 Å². The number of nitrogens with one attached hydrogen (secondary N) is 1. The van der Waals surface area contributed by atoms with E-state index >= 15 is 0 Å². The fourth-order valence-electron chi connectivity index (χ4n) is 1.39. The second kappa shape index (κ2) is 4.73. The van der Waals surface area contributed by atoms with Crippen molar-refractivity contribution in [3.05, 3.63) is 0 Å². The average molecular weight is 158 g/mol. The Morgan fingerprint density at radius 1 is 1.36 bits per heavy atom. The summed E-state index contributed by atoms with van der Waals surface area (Å²) in [5.41, 5.74) is 6.03. The average Bonchev–Trinajstić information content (AvgIpc) is 1.84. The molecule has 0 rings (SSSR count). The standard InChI is InChI=1S/C9H22N2/c1-9(2,3)5-8(6-10)7-11-4/h8,11H,5-7,10H2,1-4H3. The van der Waals surface area contributed by atoms with Crippen molar-refractivity contribution in [3.8, 4) is 0 Å². The summed E-state index contributed by atoms with van der Waals surface area (Å²) in [6, 6.07) is 0. The van der Waals surface area contributed by atoms with Crippen LogP contribution in [-0.4, -0.2) is 20.1 Å². The van der Waals surface area contributed by atoms with Crippen molar-refractivity contribution in [2.45, 2.75) is 27.2 Å². The van der Waals surface area contributed by atoms with E-state index in [0.29, 0.717) is 11.3 Å². The van der Waals surface area contributed by atoms with Gasteiger partial charge < -0.3 is 11.1 Å². The predicted octanol–water partition coefficient (Wildman–Crippen LogP) is 1.22. The van der Waals surface area contributed by atoms with Gasteiger partial charge in [0.25, 0.3) is 0 Å². The predicted molar refractivity (Wildman–Crippen MR) is 50.5 cm³/mol. The van der Waals surface area contributed by atoms with Gasteiger partial charge in [-0.15, -0.1) is 0 Å². The van der Waals surface area contributed by atoms with Crippen LogP contribution in [0.15, 0.2) is 0 Å². The molecule has 0 radical (unpaired) electrons. The van der Waals surface area contributed by atoms with Crippen molar-refractivity contribution in [1.29, 1.82) is 0 Å². The second-order valence-electron chi connectivity index (χ2n) is 4.42. The molecule has 11 heavy (non-hydrogen) atoms. The van der Waals surface area contributed by atoms with Crippen molar-refractivity contribution in [2.24, 2.45) is 17.1 Å². The third-order valence-electron chi connectivity index (χ3n) is 1.73. The Hall–Kier alpha value is -0.0800. The molecule has 0 aromatic heterocycles. The van der Waals surface area contributed by atoms with Crippen LogP contribution in [0.2, 0.25) is 0 Å². The molecule has 0 spiro atoms. The minimum Gasteiger partial charge on any atom is -0.330 e. The van der Waals surface area contributed by atoms with Crippen LogP contribution < -0.4 is 11.1 Å². The minimum atomic E-state index is 0.404. The monoisotopic (exact) mass is 158 g/mol. The van der Waals surface area contributed by atoms with Crippen LogP contribution in [0.4, 0.5) is 0 Å². The van der Waals surface area contributed by atoms with E-state index in [0.717, 1.165) is 13.1 Å². The molecule has 0 bridgehead atoms. The topological polar surface area (TPSA) is 38.0 Å². The second-order valence-corrected chi connectivity index (χ2v) is 4.42. The normalized spacial score (nSPS) is 15.0. The van der Waals surface area contributed by atoms with Gasteiger partial charge in [-0.05, 0) is 37.9 Å². The third kappa shape index (κ3) is 6.32. The first-order valence-electron chi connectivity index (χ1n) is 4.34. The molecule has 0 aromatic carbocycles. The fourth-order valence-corrected chi connectivity index (χ4v) is 1.39. The van der Waals surface area contributed by atoms with Crippen LogP contribution in [0.5, 0.6) is 0 Å². The molecule has 0 heterocycles. The van der Waals surface area contributed by atoms with Gasteiger partial charge in [0.05, 0.1) is 0 Å². The first kappa shape index (κ1) is 10.9. The Bertz CT molecular complexity index is 94.2. The van der Waals surface area contributed by atoms with Gasteiger partial charge in [0, 0.05) is 0 Å². The fraction of sp³-hybridized carbons (Fsp3) is 1.00. The Kier molecular flexibility index (Phi) is 4.69. The molecule has 2 nitrogen and oxygen atoms in total. The van der Waals surface area contributed by atoms with Crippen molar-refractivity contribution in [2.75, 3.05) is 20.1 Å². The zero-order chi connectivity index (χ0) is 8.91. The molecule has 0 aliphatic carbocycles. The van der Waals surface area contributed by atoms with Crippen molar-refractivity contribution < 1.29 is 0 Å². The lowest BCUT2D eigenvalue weighted by molar-refractivity contribution is 0.293. The minimum absolute atomic E-state index is 0.404. The maximum atomic E-state index is 5.63. The van der Waals surface area contributed by atoms with Gasteiger partial charge in [-0.25, -0.2) is 0 Å². The highest BCUT2D eigenvalue weighted by atomic mass is 14.8. The molecule has 2 heteroatoms. The molecule has 0 aromatic rings. The highest BCUT2D eigenvalue weighted by Gasteiger charge is 2.16. The molecule has 1 unspecified atom stereocenters. The van der Waals surface area contributed by atoms with E-state index in [9.17, 15) is 0 Å². The van der Waals surface area contributed by atoms with E-state index in [1.54, 1.807) is 0 Å². The first-order valence-corrected chi connectivity index (χ1v) is 4.34. The van der Waals surface area contributed by atoms with Crippen LogP contribution in [0.1, 0.15) is 27.2 Å². The molecule has 1 atom stereocenters. The maximum Gasteiger partial charge on any atom is -0.00113 e. The van der Waals surface area contributed by atoms with Crippen molar-refractivity contribution >= 4 is 0 Å². The zero-order valence-corrected chi connectivity index (χ0v) is 8.28. The molecular formula is C9H22N2. The van der Waals surface area contributed by atoms with E-state index in [1.165, 1.54) is 6.42 Å². The van der Waals surface area contributed by atoms with E-state index < -0.39 is 0 Å². The molecule has 0 saturated heterocycles. The molecule has 0 aliphatic heterocycles. The lowest BCUT2D eigenvalue weighted by Crippen LogP contribution is -2.29. The van der Waals surface area contributed by atoms with Gasteiger partial charge in [-0.2, -0.15) is 0 Å². The quantitative estimate of drug-likeness (QED) is 0.645.